The second kappa shape index (κ2) is 4.93. The van der Waals surface area contributed by atoms with Crippen LogP contribution in [0.2, 0.25) is 10.0 Å². The minimum absolute atomic E-state index is 0.400. The van der Waals surface area contributed by atoms with Crippen molar-refractivity contribution in [3.63, 3.8) is 0 Å². The van der Waals surface area contributed by atoms with Crippen LogP contribution in [0.1, 0.15) is 0 Å². The van der Waals surface area contributed by atoms with Gasteiger partial charge >= 0.3 is 0 Å². The minimum Gasteiger partial charge on any atom is -0.454 e. The first kappa shape index (κ1) is 12.6. The second-order valence-corrected chi connectivity index (χ2v) is 5.77. The van der Waals surface area contributed by atoms with E-state index in [0.29, 0.717) is 21.5 Å². The largest absolute Gasteiger partial charge is 0.454 e. The molecule has 1 aromatic heterocycles. The Bertz CT molecular complexity index is 731. The van der Waals surface area contributed by atoms with Crippen LogP contribution >= 0.6 is 34.5 Å². The minimum atomic E-state index is 0.400. The first-order valence-corrected chi connectivity index (χ1v) is 7.17. The molecule has 0 fully saturated rings. The molecule has 3 rings (SSSR count). The van der Waals surface area contributed by atoms with Gasteiger partial charge in [-0.2, -0.15) is 0 Å². The highest BCUT2D eigenvalue weighted by atomic mass is 35.5. The summed E-state index contributed by atoms with van der Waals surface area (Å²) in [5, 5.41) is 3.86. The SMILES string of the molecule is Nc1cc(Cl)c(Oc2cccc3sccc23)c(Cl)c1. The Balaban J connectivity index is 2.09. The Morgan fingerprint density at radius 3 is 2.53 bits per heavy atom. The van der Waals surface area contributed by atoms with Crippen LogP contribution in [0.25, 0.3) is 10.1 Å². The van der Waals surface area contributed by atoms with E-state index in [0.717, 1.165) is 15.8 Å². The molecule has 2 aromatic carbocycles. The molecule has 0 atom stereocenters. The van der Waals surface area contributed by atoms with E-state index < -0.39 is 0 Å². The van der Waals surface area contributed by atoms with Crippen molar-refractivity contribution in [3.05, 3.63) is 51.8 Å². The summed E-state index contributed by atoms with van der Waals surface area (Å²) in [6.45, 7) is 0. The van der Waals surface area contributed by atoms with Gasteiger partial charge in [0.1, 0.15) is 5.75 Å². The molecule has 0 bridgehead atoms. The second-order valence-electron chi connectivity index (χ2n) is 4.00. The lowest BCUT2D eigenvalue weighted by Crippen LogP contribution is -1.90. The molecule has 2 nitrogen and oxygen atoms in total. The van der Waals surface area contributed by atoms with Crippen LogP contribution in [-0.4, -0.2) is 0 Å². The van der Waals surface area contributed by atoms with Crippen molar-refractivity contribution in [1.29, 1.82) is 0 Å². The number of hydrogen-bond acceptors (Lipinski definition) is 3. The topological polar surface area (TPSA) is 35.2 Å². The van der Waals surface area contributed by atoms with E-state index in [9.17, 15) is 0 Å². The lowest BCUT2D eigenvalue weighted by atomic mass is 10.2. The number of fused-ring (bicyclic) bond motifs is 1. The van der Waals surface area contributed by atoms with Gasteiger partial charge in [-0.1, -0.05) is 29.3 Å². The molecule has 96 valence electrons. The Morgan fingerprint density at radius 1 is 1.05 bits per heavy atom. The number of ether oxygens (including phenoxy) is 1. The zero-order valence-corrected chi connectivity index (χ0v) is 12.0. The van der Waals surface area contributed by atoms with E-state index >= 15 is 0 Å². The molecule has 0 aliphatic rings. The normalized spacial score (nSPS) is 10.8. The van der Waals surface area contributed by atoms with Crippen LogP contribution in [0.4, 0.5) is 5.69 Å². The average molecular weight is 310 g/mol. The molecule has 0 saturated carbocycles. The van der Waals surface area contributed by atoms with Crippen LogP contribution in [0, 0.1) is 0 Å². The summed E-state index contributed by atoms with van der Waals surface area (Å²) in [6.07, 6.45) is 0. The number of nitrogens with two attached hydrogens (primary N) is 1. The zero-order chi connectivity index (χ0) is 13.4. The molecule has 0 aliphatic carbocycles. The molecule has 0 unspecified atom stereocenters. The van der Waals surface area contributed by atoms with Crippen molar-refractivity contribution in [1.82, 2.24) is 0 Å². The Labute approximate surface area is 124 Å². The summed E-state index contributed by atoms with van der Waals surface area (Å²) in [6, 6.07) is 11.1. The van der Waals surface area contributed by atoms with Crippen molar-refractivity contribution < 1.29 is 4.74 Å². The molecule has 3 aromatic rings. The Kier molecular flexibility index (Phi) is 3.27. The Morgan fingerprint density at radius 2 is 1.79 bits per heavy atom. The number of thiophene rings is 1. The van der Waals surface area contributed by atoms with Gasteiger partial charge in [0.2, 0.25) is 0 Å². The first-order valence-electron chi connectivity index (χ1n) is 5.54. The molecular weight excluding hydrogens is 301 g/mol. The maximum absolute atomic E-state index is 6.12. The fourth-order valence-electron chi connectivity index (χ4n) is 1.84. The number of anilines is 1. The number of benzene rings is 2. The molecule has 19 heavy (non-hydrogen) atoms. The van der Waals surface area contributed by atoms with Crippen LogP contribution in [0.3, 0.4) is 0 Å². The number of rotatable bonds is 2. The standard InChI is InChI=1S/C14H9Cl2NOS/c15-10-6-8(17)7-11(16)14(10)18-12-2-1-3-13-9(12)4-5-19-13/h1-7H,17H2. The first-order chi connectivity index (χ1) is 9.15. The molecule has 1 heterocycles. The zero-order valence-electron chi connectivity index (χ0n) is 9.69. The maximum Gasteiger partial charge on any atom is 0.164 e. The maximum atomic E-state index is 6.12. The van der Waals surface area contributed by atoms with E-state index in [-0.39, 0.29) is 0 Å². The smallest absolute Gasteiger partial charge is 0.164 e. The van der Waals surface area contributed by atoms with E-state index in [2.05, 4.69) is 0 Å². The monoisotopic (exact) mass is 309 g/mol. The highest BCUT2D eigenvalue weighted by Gasteiger charge is 2.12. The van der Waals surface area contributed by atoms with Crippen molar-refractivity contribution in [2.45, 2.75) is 0 Å². The Hall–Kier alpha value is -1.42. The van der Waals surface area contributed by atoms with Crippen molar-refractivity contribution in [2.75, 3.05) is 5.73 Å². The molecule has 0 saturated heterocycles. The van der Waals surface area contributed by atoms with Gasteiger partial charge in [-0.05, 0) is 35.7 Å². The van der Waals surface area contributed by atoms with E-state index in [4.69, 9.17) is 33.7 Å². The van der Waals surface area contributed by atoms with Gasteiger partial charge in [0.25, 0.3) is 0 Å². The van der Waals surface area contributed by atoms with Gasteiger partial charge in [-0.15, -0.1) is 11.3 Å². The van der Waals surface area contributed by atoms with Gasteiger partial charge in [-0.25, -0.2) is 0 Å². The summed E-state index contributed by atoms with van der Waals surface area (Å²) in [4.78, 5) is 0. The molecule has 0 amide bonds. The third-order valence-electron chi connectivity index (χ3n) is 2.69. The van der Waals surface area contributed by atoms with E-state index in [1.807, 2.05) is 29.6 Å². The highest BCUT2D eigenvalue weighted by molar-refractivity contribution is 7.17. The summed E-state index contributed by atoms with van der Waals surface area (Å²) >= 11 is 13.9. The summed E-state index contributed by atoms with van der Waals surface area (Å²) in [5.74, 6) is 1.16. The molecular formula is C14H9Cl2NOS. The van der Waals surface area contributed by atoms with Gasteiger partial charge in [-0.3, -0.25) is 0 Å². The lowest BCUT2D eigenvalue weighted by molar-refractivity contribution is 0.489. The van der Waals surface area contributed by atoms with Gasteiger partial charge in [0, 0.05) is 15.8 Å². The number of hydrogen-bond donors (Lipinski definition) is 1. The van der Waals surface area contributed by atoms with E-state index in [1.165, 1.54) is 0 Å². The van der Waals surface area contributed by atoms with Crippen molar-refractivity contribution >= 4 is 50.3 Å². The van der Waals surface area contributed by atoms with Crippen LogP contribution in [0.5, 0.6) is 11.5 Å². The molecule has 0 spiro atoms. The quantitative estimate of drug-likeness (QED) is 0.627. The predicted octanol–water partition coefficient (Wildman–Crippen LogP) is 5.58. The predicted molar refractivity (Wildman–Crippen MR) is 82.8 cm³/mol. The molecule has 0 aliphatic heterocycles. The fourth-order valence-corrected chi connectivity index (χ4v) is 3.23. The third-order valence-corrected chi connectivity index (χ3v) is 4.13. The van der Waals surface area contributed by atoms with Gasteiger partial charge in [0.05, 0.1) is 10.0 Å². The average Bonchev–Trinajstić information content (AvgIpc) is 2.82. The highest BCUT2D eigenvalue weighted by Crippen LogP contribution is 2.40. The fraction of sp³-hybridized carbons (Fsp3) is 0. The molecule has 0 radical (unpaired) electrons. The van der Waals surface area contributed by atoms with Gasteiger partial charge in [0.15, 0.2) is 5.75 Å². The summed E-state index contributed by atoms with van der Waals surface area (Å²) in [7, 11) is 0. The van der Waals surface area contributed by atoms with Crippen LogP contribution in [0.15, 0.2) is 41.8 Å². The van der Waals surface area contributed by atoms with Crippen molar-refractivity contribution in [2.24, 2.45) is 0 Å². The van der Waals surface area contributed by atoms with Crippen LogP contribution < -0.4 is 10.5 Å². The van der Waals surface area contributed by atoms with Crippen molar-refractivity contribution in [3.8, 4) is 11.5 Å². The summed E-state index contributed by atoms with van der Waals surface area (Å²) in [5.41, 5.74) is 6.18. The van der Waals surface area contributed by atoms with Crippen LogP contribution in [-0.2, 0) is 0 Å². The number of nitrogen functional groups attached to an aromatic ring is 1. The van der Waals surface area contributed by atoms with Gasteiger partial charge < -0.3 is 10.5 Å². The van der Waals surface area contributed by atoms with E-state index in [1.54, 1.807) is 23.5 Å². The third kappa shape index (κ3) is 2.37. The number of halogens is 2. The molecule has 5 heteroatoms. The lowest BCUT2D eigenvalue weighted by Gasteiger charge is -2.11. The summed E-state index contributed by atoms with van der Waals surface area (Å²) < 4.78 is 7.01. The molecule has 2 N–H and O–H groups in total.